The van der Waals surface area contributed by atoms with E-state index in [0.29, 0.717) is 78.3 Å². The van der Waals surface area contributed by atoms with Crippen molar-refractivity contribution in [3.8, 4) is 73.2 Å². The van der Waals surface area contributed by atoms with Crippen molar-refractivity contribution >= 4 is 53.3 Å². The summed E-state index contributed by atoms with van der Waals surface area (Å²) in [5, 5.41) is 3.62. The zero-order valence-corrected chi connectivity index (χ0v) is 39.3. The van der Waals surface area contributed by atoms with Crippen LogP contribution >= 0.6 is 11.3 Å². The van der Waals surface area contributed by atoms with Gasteiger partial charge in [-0.25, -0.2) is 15.0 Å². The summed E-state index contributed by atoms with van der Waals surface area (Å²) in [5.41, 5.74) is 7.24. The lowest BCUT2D eigenvalue weighted by atomic mass is 9.95. The first kappa shape index (κ1) is 44.8. The number of halogens is 6. The van der Waals surface area contributed by atoms with Crippen molar-refractivity contribution in [3.05, 3.63) is 216 Å². The number of aromatic nitrogens is 4. The molecule has 0 spiro atoms. The molecular formula is C61H38F6N4S. The molecule has 0 saturated heterocycles. The van der Waals surface area contributed by atoms with E-state index >= 15 is 0 Å². The number of thiophene rings is 1. The minimum Gasteiger partial charge on any atom is -0.308 e. The highest BCUT2D eigenvalue weighted by Gasteiger charge is 2.34. The summed E-state index contributed by atoms with van der Waals surface area (Å²) in [5.74, 6) is 1.31. The van der Waals surface area contributed by atoms with E-state index < -0.39 is 23.5 Å². The van der Waals surface area contributed by atoms with Gasteiger partial charge in [0.05, 0.1) is 27.8 Å². The highest BCUT2D eigenvalue weighted by molar-refractivity contribution is 7.26. The van der Waals surface area contributed by atoms with E-state index in [1.165, 1.54) is 12.1 Å². The number of hydrogen-bond acceptors (Lipinski definition) is 4. The Morgan fingerprint density at radius 3 is 1.61 bits per heavy atom. The van der Waals surface area contributed by atoms with Gasteiger partial charge in [0, 0.05) is 47.6 Å². The molecule has 12 aromatic rings. The summed E-state index contributed by atoms with van der Waals surface area (Å²) < 4.78 is 90.3. The Morgan fingerprint density at radius 2 is 0.972 bits per heavy atom. The lowest BCUT2D eigenvalue weighted by Crippen LogP contribution is -2.07. The van der Waals surface area contributed by atoms with Gasteiger partial charge in [0.25, 0.3) is 0 Å². The van der Waals surface area contributed by atoms with Crippen LogP contribution in [0.4, 0.5) is 26.3 Å². The Balaban J connectivity index is 1.16. The quantitative estimate of drug-likeness (QED) is 0.150. The van der Waals surface area contributed by atoms with Crippen molar-refractivity contribution in [2.24, 2.45) is 0 Å². The van der Waals surface area contributed by atoms with Crippen LogP contribution in [-0.2, 0) is 12.4 Å². The Hall–Kier alpha value is -8.41. The van der Waals surface area contributed by atoms with Gasteiger partial charge in [-0.15, -0.1) is 11.3 Å². The first-order chi connectivity index (χ1) is 34.8. The second kappa shape index (κ2) is 17.2. The van der Waals surface area contributed by atoms with Crippen molar-refractivity contribution in [1.82, 2.24) is 19.5 Å². The highest BCUT2D eigenvalue weighted by atomic mass is 32.1. The maximum absolute atomic E-state index is 14.8. The van der Waals surface area contributed by atoms with E-state index in [1.807, 2.05) is 103 Å². The van der Waals surface area contributed by atoms with Crippen LogP contribution in [-0.4, -0.2) is 19.5 Å². The first-order valence-electron chi connectivity index (χ1n) is 23.1. The van der Waals surface area contributed by atoms with Gasteiger partial charge in [-0.05, 0) is 113 Å². The van der Waals surface area contributed by atoms with Gasteiger partial charge < -0.3 is 4.57 Å². The topological polar surface area (TPSA) is 43.6 Å². The second-order valence-corrected chi connectivity index (χ2v) is 19.0. The van der Waals surface area contributed by atoms with Crippen LogP contribution in [0.25, 0.3) is 115 Å². The zero-order valence-electron chi connectivity index (χ0n) is 38.4. The first-order valence-corrected chi connectivity index (χ1v) is 24.0. The minimum atomic E-state index is -4.63. The molecular weight excluding hydrogens is 935 g/mol. The average Bonchev–Trinajstić information content (AvgIpc) is 3.93. The molecule has 0 radical (unpaired) electrons. The van der Waals surface area contributed by atoms with Crippen molar-refractivity contribution in [2.75, 3.05) is 0 Å². The third-order valence-electron chi connectivity index (χ3n) is 13.3. The maximum atomic E-state index is 14.8. The molecule has 0 atom stereocenters. The van der Waals surface area contributed by atoms with Crippen LogP contribution in [0.5, 0.6) is 0 Å². The van der Waals surface area contributed by atoms with Gasteiger partial charge >= 0.3 is 12.4 Å². The molecule has 0 fully saturated rings. The summed E-state index contributed by atoms with van der Waals surface area (Å²) in [6.45, 7) is 3.27. The Labute approximate surface area is 413 Å². The van der Waals surface area contributed by atoms with Gasteiger partial charge in [-0.1, -0.05) is 139 Å². The Kier molecular flexibility index (Phi) is 10.7. The number of hydrogen-bond donors (Lipinski definition) is 0. The van der Waals surface area contributed by atoms with Gasteiger partial charge in [-0.3, -0.25) is 0 Å². The van der Waals surface area contributed by atoms with E-state index in [0.717, 1.165) is 60.6 Å². The van der Waals surface area contributed by atoms with Crippen molar-refractivity contribution < 1.29 is 26.3 Å². The van der Waals surface area contributed by atoms with Gasteiger partial charge in [-0.2, -0.15) is 26.3 Å². The van der Waals surface area contributed by atoms with Gasteiger partial charge in [0.15, 0.2) is 17.5 Å². The van der Waals surface area contributed by atoms with Crippen LogP contribution in [0.3, 0.4) is 0 Å². The molecule has 3 heterocycles. The van der Waals surface area contributed by atoms with Gasteiger partial charge in [0.1, 0.15) is 0 Å². The van der Waals surface area contributed by atoms with Crippen molar-refractivity contribution in [2.45, 2.75) is 26.2 Å². The number of aryl methyl sites for hydroxylation is 2. The molecule has 0 unspecified atom stereocenters. The molecule has 0 N–H and O–H groups in total. The number of benzene rings is 9. The fourth-order valence-electron chi connectivity index (χ4n) is 9.91. The average molecular weight is 973 g/mol. The summed E-state index contributed by atoms with van der Waals surface area (Å²) >= 11 is 1.72. The number of nitrogens with zero attached hydrogens (tertiary/aromatic N) is 4. The van der Waals surface area contributed by atoms with Crippen molar-refractivity contribution in [3.63, 3.8) is 0 Å². The predicted molar refractivity (Wildman–Crippen MR) is 279 cm³/mol. The fraction of sp³-hybridized carbons (Fsp3) is 0.0656. The molecule has 0 saturated carbocycles. The smallest absolute Gasteiger partial charge is 0.308 e. The van der Waals surface area contributed by atoms with Crippen LogP contribution < -0.4 is 0 Å². The second-order valence-electron chi connectivity index (χ2n) is 17.9. The predicted octanol–water partition coefficient (Wildman–Crippen LogP) is 18.0. The fourth-order valence-corrected chi connectivity index (χ4v) is 11.1. The van der Waals surface area contributed by atoms with Crippen LogP contribution in [0.2, 0.25) is 0 Å². The van der Waals surface area contributed by atoms with Crippen LogP contribution in [0, 0.1) is 13.8 Å². The van der Waals surface area contributed by atoms with Crippen LogP contribution in [0.15, 0.2) is 194 Å². The molecule has 0 aliphatic rings. The normalized spacial score (nSPS) is 12.2. The molecule has 0 amide bonds. The summed E-state index contributed by atoms with van der Waals surface area (Å²) in [4.78, 5) is 15.4. The lowest BCUT2D eigenvalue weighted by molar-refractivity contribution is -0.138. The van der Waals surface area contributed by atoms with E-state index in [9.17, 15) is 26.3 Å². The summed E-state index contributed by atoms with van der Waals surface area (Å²) in [6, 6.07) is 59.3. The lowest BCUT2D eigenvalue weighted by Gasteiger charge is -2.17. The van der Waals surface area contributed by atoms with Crippen molar-refractivity contribution in [1.29, 1.82) is 0 Å². The molecule has 11 heteroatoms. The SMILES string of the molecule is Cc1ccc(-c2ccc3c(c2)c2cc(-c4ccc(C(F)(F)F)cc4C)ccc2n3-c2ccc(-c3cccc4c3sc3ccccc34)cc2-c2nc(-c3ccccc3)nc(-c3ccccc3)n2)c(C(F)(F)F)c1. The number of fused-ring (bicyclic) bond motifs is 6. The molecule has 72 heavy (non-hydrogen) atoms. The summed E-state index contributed by atoms with van der Waals surface area (Å²) in [7, 11) is 0. The number of rotatable bonds is 7. The Bertz CT molecular complexity index is 4040. The van der Waals surface area contributed by atoms with E-state index in [4.69, 9.17) is 15.0 Å². The minimum absolute atomic E-state index is 0.0261. The zero-order chi connectivity index (χ0) is 49.5. The molecule has 0 aliphatic heterocycles. The molecule has 350 valence electrons. The monoisotopic (exact) mass is 972 g/mol. The summed E-state index contributed by atoms with van der Waals surface area (Å²) in [6.07, 6.45) is -9.15. The molecule has 12 rings (SSSR count). The molecule has 9 aromatic carbocycles. The van der Waals surface area contributed by atoms with Crippen LogP contribution in [0.1, 0.15) is 22.3 Å². The molecule has 3 aromatic heterocycles. The molecule has 4 nitrogen and oxygen atoms in total. The largest absolute Gasteiger partial charge is 0.417 e. The molecule has 0 bridgehead atoms. The van der Waals surface area contributed by atoms with E-state index in [1.54, 1.807) is 43.4 Å². The Morgan fingerprint density at radius 1 is 0.403 bits per heavy atom. The van der Waals surface area contributed by atoms with Gasteiger partial charge in [0.2, 0.25) is 0 Å². The highest BCUT2D eigenvalue weighted by Crippen LogP contribution is 2.46. The third kappa shape index (κ3) is 7.86. The van der Waals surface area contributed by atoms with E-state index in [2.05, 4.69) is 47.0 Å². The number of alkyl halides is 6. The third-order valence-corrected chi connectivity index (χ3v) is 14.5. The standard InChI is InChI=1S/C61H38F6N4S/c1-35-20-25-44(51(30-35)61(65,66)67)40-22-28-53-49(33-40)48-32-39(43-26-24-42(31-36(43)2)60(62,63)64)21-27-52(48)71(53)54-29-23-41(45-17-11-18-47-46-16-9-10-19-55(46)72-56(45)47)34-50(54)59-69-57(37-12-5-3-6-13-37)68-58(70-59)38-14-7-4-8-15-38/h3-34H,1-2H3. The molecule has 0 aliphatic carbocycles. The maximum Gasteiger partial charge on any atom is 0.417 e. The van der Waals surface area contributed by atoms with E-state index in [-0.39, 0.29) is 5.56 Å².